The number of likely N-dealkylation sites (tertiary alicyclic amines) is 1. The van der Waals surface area contributed by atoms with Gasteiger partial charge in [-0.25, -0.2) is 19.6 Å². The maximum atomic E-state index is 13.7. The molecule has 3 atom stereocenters. The van der Waals surface area contributed by atoms with E-state index in [1.165, 1.54) is 4.90 Å². The molecule has 0 aliphatic carbocycles. The van der Waals surface area contributed by atoms with Crippen LogP contribution in [-0.4, -0.2) is 75.4 Å². The molecule has 1 aliphatic rings. The first-order chi connectivity index (χ1) is 17.6. The Balaban J connectivity index is 1.86. The Hall–Kier alpha value is -3.63. The zero-order valence-electron chi connectivity index (χ0n) is 23.3. The molecule has 2 N–H and O–H groups in total. The van der Waals surface area contributed by atoms with Gasteiger partial charge in [0.25, 0.3) is 0 Å². The lowest BCUT2D eigenvalue weighted by atomic mass is 9.85. The molecule has 1 unspecified atom stereocenters. The van der Waals surface area contributed by atoms with E-state index in [2.05, 4.69) is 15.3 Å². The molecule has 1 fully saturated rings. The van der Waals surface area contributed by atoms with Gasteiger partial charge in [0.15, 0.2) is 0 Å². The van der Waals surface area contributed by atoms with Crippen LogP contribution in [-0.2, 0) is 20.7 Å². The normalized spacial score (nSPS) is 18.7. The second kappa shape index (κ2) is 11.0. The third kappa shape index (κ3) is 6.81. The largest absolute Gasteiger partial charge is 0.497 e. The summed E-state index contributed by atoms with van der Waals surface area (Å²) >= 11 is 0. The van der Waals surface area contributed by atoms with Gasteiger partial charge < -0.3 is 29.5 Å². The van der Waals surface area contributed by atoms with Crippen LogP contribution >= 0.6 is 0 Å². The molecule has 11 nitrogen and oxygen atoms in total. The Morgan fingerprint density at radius 2 is 1.82 bits per heavy atom. The Bertz CT molecular complexity index is 1200. The van der Waals surface area contributed by atoms with Crippen LogP contribution in [0.5, 0.6) is 11.6 Å². The molecule has 3 rings (SSSR count). The lowest BCUT2D eigenvalue weighted by molar-refractivity contribution is -0.150. The molecule has 1 saturated heterocycles. The van der Waals surface area contributed by atoms with Crippen molar-refractivity contribution in [2.75, 3.05) is 13.7 Å². The molecular weight excluding hydrogens is 492 g/mol. The van der Waals surface area contributed by atoms with Crippen molar-refractivity contribution in [1.82, 2.24) is 20.2 Å². The summed E-state index contributed by atoms with van der Waals surface area (Å²) in [7, 11) is 1.56. The standard InChI is InChI=1S/C27H38N4O7/c1-9-17-22(29-19-12-15(36-8)10-11-18(19)28-17)37-16-13-20(24(33)34)31(14-16)23(32)21(26(2,3)4)30-25(35)38-27(5,6)7/h10-12,16,20-21H,9,13-14H2,1-8H3,(H,30,35)(H,33,34)/t16-,20+,21?/m1/s1. The van der Waals surface area contributed by atoms with Gasteiger partial charge in [-0.1, -0.05) is 27.7 Å². The summed E-state index contributed by atoms with van der Waals surface area (Å²) in [6.07, 6.45) is -0.775. The first-order valence-corrected chi connectivity index (χ1v) is 12.7. The summed E-state index contributed by atoms with van der Waals surface area (Å²) < 4.78 is 16.8. The van der Waals surface area contributed by atoms with Crippen molar-refractivity contribution < 1.29 is 33.7 Å². The highest BCUT2D eigenvalue weighted by Gasteiger charge is 2.46. The Kier molecular flexibility index (Phi) is 8.38. The summed E-state index contributed by atoms with van der Waals surface area (Å²) in [5.74, 6) is -0.765. The first kappa shape index (κ1) is 28.9. The summed E-state index contributed by atoms with van der Waals surface area (Å²) in [5.41, 5.74) is 0.412. The number of alkyl carbamates (subject to hydrolysis) is 1. The van der Waals surface area contributed by atoms with Crippen LogP contribution in [0.15, 0.2) is 18.2 Å². The molecule has 1 aliphatic heterocycles. The molecule has 2 amide bonds. The molecule has 2 aromatic rings. The Labute approximate surface area is 222 Å². The second-order valence-electron chi connectivity index (χ2n) is 11.4. The molecule has 0 saturated carbocycles. The number of aromatic nitrogens is 2. The summed E-state index contributed by atoms with van der Waals surface area (Å²) in [6, 6.07) is 3.21. The van der Waals surface area contributed by atoms with Crippen LogP contribution in [0.25, 0.3) is 11.0 Å². The smallest absolute Gasteiger partial charge is 0.408 e. The highest BCUT2D eigenvalue weighted by atomic mass is 16.6. The number of aliphatic carboxylic acids is 1. The summed E-state index contributed by atoms with van der Waals surface area (Å²) in [4.78, 5) is 48.9. The van der Waals surface area contributed by atoms with E-state index in [-0.39, 0.29) is 18.8 Å². The number of hydrogen-bond donors (Lipinski definition) is 2. The topological polar surface area (TPSA) is 140 Å². The van der Waals surface area contributed by atoms with E-state index in [0.29, 0.717) is 28.9 Å². The number of nitrogens with one attached hydrogen (secondary N) is 1. The van der Waals surface area contributed by atoms with Gasteiger partial charge in [0.1, 0.15) is 35.2 Å². The number of benzene rings is 1. The molecular formula is C27H38N4O7. The maximum Gasteiger partial charge on any atom is 0.408 e. The van der Waals surface area contributed by atoms with Crippen molar-refractivity contribution in [3.8, 4) is 11.6 Å². The number of carbonyl (C=O) groups is 3. The molecule has 0 spiro atoms. The van der Waals surface area contributed by atoms with Crippen LogP contribution < -0.4 is 14.8 Å². The van der Waals surface area contributed by atoms with Crippen molar-refractivity contribution in [1.29, 1.82) is 0 Å². The molecule has 0 radical (unpaired) electrons. The molecule has 11 heteroatoms. The molecule has 1 aromatic heterocycles. The second-order valence-corrected chi connectivity index (χ2v) is 11.4. The van der Waals surface area contributed by atoms with E-state index in [1.807, 2.05) is 13.0 Å². The predicted molar refractivity (Wildman–Crippen MR) is 140 cm³/mol. The number of fused-ring (bicyclic) bond motifs is 1. The van der Waals surface area contributed by atoms with Crippen LogP contribution in [0.2, 0.25) is 0 Å². The number of methoxy groups -OCH3 is 1. The molecule has 208 valence electrons. The number of amides is 2. The van der Waals surface area contributed by atoms with Crippen LogP contribution in [0, 0.1) is 5.41 Å². The summed E-state index contributed by atoms with van der Waals surface area (Å²) in [5, 5.41) is 12.6. The van der Waals surface area contributed by atoms with Crippen molar-refractivity contribution in [3.05, 3.63) is 23.9 Å². The Morgan fingerprint density at radius 1 is 1.13 bits per heavy atom. The van der Waals surface area contributed by atoms with Gasteiger partial charge in [-0.3, -0.25) is 4.79 Å². The molecule has 38 heavy (non-hydrogen) atoms. The van der Waals surface area contributed by atoms with Gasteiger partial charge in [0.05, 0.1) is 24.7 Å². The lowest BCUT2D eigenvalue weighted by Crippen LogP contribution is -2.57. The van der Waals surface area contributed by atoms with E-state index < -0.39 is 47.2 Å². The van der Waals surface area contributed by atoms with Crippen molar-refractivity contribution in [3.63, 3.8) is 0 Å². The van der Waals surface area contributed by atoms with Gasteiger partial charge in [-0.15, -0.1) is 0 Å². The number of aryl methyl sites for hydroxylation is 1. The minimum Gasteiger partial charge on any atom is -0.497 e. The zero-order chi connectivity index (χ0) is 28.4. The van der Waals surface area contributed by atoms with E-state index >= 15 is 0 Å². The minimum absolute atomic E-state index is 0.0133. The van der Waals surface area contributed by atoms with Crippen molar-refractivity contribution >= 4 is 29.0 Å². The fraction of sp³-hybridized carbons (Fsp3) is 0.593. The van der Waals surface area contributed by atoms with Crippen LogP contribution in [0.1, 0.15) is 60.6 Å². The third-order valence-electron chi connectivity index (χ3n) is 6.12. The van der Waals surface area contributed by atoms with E-state index in [9.17, 15) is 19.5 Å². The number of carboxylic acids is 1. The van der Waals surface area contributed by atoms with Gasteiger partial charge in [-0.05, 0) is 44.7 Å². The average molecular weight is 531 g/mol. The SMILES string of the molecule is CCc1nc2ccc(OC)cc2nc1O[C@@H]1C[C@@H](C(=O)O)N(C(=O)C(NC(=O)OC(C)(C)C)C(C)(C)C)C1. The number of nitrogens with zero attached hydrogens (tertiary/aromatic N) is 3. The van der Waals surface area contributed by atoms with E-state index in [4.69, 9.17) is 14.2 Å². The molecule has 1 aromatic carbocycles. The van der Waals surface area contributed by atoms with Gasteiger partial charge in [0.2, 0.25) is 11.8 Å². The highest BCUT2D eigenvalue weighted by molar-refractivity contribution is 5.90. The third-order valence-corrected chi connectivity index (χ3v) is 6.12. The van der Waals surface area contributed by atoms with E-state index in [1.54, 1.807) is 60.8 Å². The van der Waals surface area contributed by atoms with Crippen LogP contribution in [0.4, 0.5) is 4.79 Å². The number of rotatable bonds is 7. The Morgan fingerprint density at radius 3 is 2.37 bits per heavy atom. The first-order valence-electron chi connectivity index (χ1n) is 12.7. The lowest BCUT2D eigenvalue weighted by Gasteiger charge is -2.35. The fourth-order valence-corrected chi connectivity index (χ4v) is 4.26. The number of carbonyl (C=O) groups excluding carboxylic acids is 2. The minimum atomic E-state index is -1.15. The van der Waals surface area contributed by atoms with Crippen LogP contribution in [0.3, 0.4) is 0 Å². The fourth-order valence-electron chi connectivity index (χ4n) is 4.26. The quantitative estimate of drug-likeness (QED) is 0.550. The summed E-state index contributed by atoms with van der Waals surface area (Å²) in [6.45, 7) is 12.5. The van der Waals surface area contributed by atoms with Gasteiger partial charge in [0, 0.05) is 12.5 Å². The monoisotopic (exact) mass is 530 g/mol. The number of ether oxygens (including phenoxy) is 3. The predicted octanol–water partition coefficient (Wildman–Crippen LogP) is 3.57. The van der Waals surface area contributed by atoms with Crippen molar-refractivity contribution in [2.24, 2.45) is 5.41 Å². The molecule has 2 heterocycles. The highest BCUT2D eigenvalue weighted by Crippen LogP contribution is 2.30. The average Bonchev–Trinajstić information content (AvgIpc) is 3.23. The van der Waals surface area contributed by atoms with Gasteiger partial charge in [-0.2, -0.15) is 0 Å². The molecule has 0 bridgehead atoms. The maximum absolute atomic E-state index is 13.7. The number of hydrogen-bond acceptors (Lipinski definition) is 8. The van der Waals surface area contributed by atoms with Crippen molar-refractivity contribution in [2.45, 2.75) is 85.1 Å². The van der Waals surface area contributed by atoms with E-state index in [0.717, 1.165) is 0 Å². The van der Waals surface area contributed by atoms with Gasteiger partial charge >= 0.3 is 12.1 Å². The zero-order valence-corrected chi connectivity index (χ0v) is 23.3. The number of carboxylic acid groups (broad SMARTS) is 1.